The van der Waals surface area contributed by atoms with Crippen LogP contribution in [0.25, 0.3) is 0 Å². The minimum atomic E-state index is -0.272. The van der Waals surface area contributed by atoms with E-state index in [1.54, 1.807) is 42.5 Å². The molecule has 126 valence electrons. The van der Waals surface area contributed by atoms with Gasteiger partial charge in [-0.1, -0.05) is 12.1 Å². The fourth-order valence-electron chi connectivity index (χ4n) is 2.43. The van der Waals surface area contributed by atoms with E-state index in [2.05, 4.69) is 5.32 Å². The first-order valence-electron chi connectivity index (χ1n) is 7.81. The molecule has 0 atom stereocenters. The van der Waals surface area contributed by atoms with Crippen LogP contribution in [-0.4, -0.2) is 5.91 Å². The second-order valence-electron chi connectivity index (χ2n) is 5.79. The average molecular weight is 333 g/mol. The summed E-state index contributed by atoms with van der Waals surface area (Å²) in [6.07, 6.45) is 0. The van der Waals surface area contributed by atoms with E-state index in [-0.39, 0.29) is 5.91 Å². The molecule has 0 spiro atoms. The van der Waals surface area contributed by atoms with Crippen molar-refractivity contribution in [3.8, 4) is 11.5 Å². The van der Waals surface area contributed by atoms with Crippen LogP contribution < -0.4 is 21.5 Å². The molecule has 5 nitrogen and oxygen atoms in total. The highest BCUT2D eigenvalue weighted by Gasteiger charge is 2.08. The highest BCUT2D eigenvalue weighted by atomic mass is 16.5. The van der Waals surface area contributed by atoms with E-state index in [0.29, 0.717) is 28.4 Å². The third-order valence-corrected chi connectivity index (χ3v) is 3.58. The van der Waals surface area contributed by atoms with Gasteiger partial charge in [0.25, 0.3) is 5.91 Å². The molecule has 0 aliphatic heterocycles. The van der Waals surface area contributed by atoms with E-state index < -0.39 is 0 Å². The standard InChI is InChI=1S/C20H19N3O2/c1-13-3-2-4-19(9-13)25-18-7-5-17(6-8-18)23-20(24)14-10-15(21)12-16(22)11-14/h2-12H,21-22H2,1H3,(H,23,24). The number of nitrogens with one attached hydrogen (secondary N) is 1. The van der Waals surface area contributed by atoms with Crippen molar-refractivity contribution < 1.29 is 9.53 Å². The summed E-state index contributed by atoms with van der Waals surface area (Å²) in [5.41, 5.74) is 14.5. The Kier molecular flexibility index (Phi) is 4.57. The summed E-state index contributed by atoms with van der Waals surface area (Å²) in [4.78, 5) is 12.3. The molecule has 3 rings (SSSR count). The number of nitrogens with two attached hydrogens (primary N) is 2. The van der Waals surface area contributed by atoms with Crippen LogP contribution in [-0.2, 0) is 0 Å². The van der Waals surface area contributed by atoms with Gasteiger partial charge in [0.05, 0.1) is 0 Å². The van der Waals surface area contributed by atoms with Gasteiger partial charge in [-0.3, -0.25) is 4.79 Å². The molecule has 0 aliphatic rings. The van der Waals surface area contributed by atoms with E-state index in [9.17, 15) is 4.79 Å². The van der Waals surface area contributed by atoms with Crippen LogP contribution in [0, 0.1) is 6.92 Å². The number of carbonyl (C=O) groups excluding carboxylic acids is 1. The summed E-state index contributed by atoms with van der Waals surface area (Å²) in [6, 6.07) is 19.7. The number of aryl methyl sites for hydroxylation is 1. The number of carbonyl (C=O) groups is 1. The quantitative estimate of drug-likeness (QED) is 0.624. The summed E-state index contributed by atoms with van der Waals surface area (Å²) in [7, 11) is 0. The van der Waals surface area contributed by atoms with Crippen LogP contribution in [0.3, 0.4) is 0 Å². The van der Waals surface area contributed by atoms with Crippen LogP contribution in [0.15, 0.2) is 66.7 Å². The Balaban J connectivity index is 1.69. The molecule has 0 radical (unpaired) electrons. The van der Waals surface area contributed by atoms with Gasteiger partial charge in [0.15, 0.2) is 0 Å². The first kappa shape index (κ1) is 16.4. The van der Waals surface area contributed by atoms with E-state index >= 15 is 0 Å². The molecule has 0 saturated carbocycles. The van der Waals surface area contributed by atoms with Crippen LogP contribution in [0.5, 0.6) is 11.5 Å². The molecule has 0 aromatic heterocycles. The molecule has 25 heavy (non-hydrogen) atoms. The van der Waals surface area contributed by atoms with Crippen LogP contribution in [0.1, 0.15) is 15.9 Å². The van der Waals surface area contributed by atoms with Gasteiger partial charge in [-0.2, -0.15) is 0 Å². The fraction of sp³-hybridized carbons (Fsp3) is 0.0500. The maximum atomic E-state index is 12.3. The smallest absolute Gasteiger partial charge is 0.255 e. The van der Waals surface area contributed by atoms with Crippen LogP contribution in [0.2, 0.25) is 0 Å². The van der Waals surface area contributed by atoms with E-state index in [0.717, 1.165) is 11.3 Å². The Morgan fingerprint density at radius 3 is 2.20 bits per heavy atom. The van der Waals surface area contributed by atoms with Crippen molar-refractivity contribution in [3.63, 3.8) is 0 Å². The van der Waals surface area contributed by atoms with Gasteiger partial charge in [-0.15, -0.1) is 0 Å². The zero-order valence-electron chi connectivity index (χ0n) is 13.8. The van der Waals surface area contributed by atoms with Crippen molar-refractivity contribution >= 4 is 23.0 Å². The topological polar surface area (TPSA) is 90.4 Å². The normalized spacial score (nSPS) is 10.3. The minimum Gasteiger partial charge on any atom is -0.457 e. The predicted octanol–water partition coefficient (Wildman–Crippen LogP) is 4.20. The van der Waals surface area contributed by atoms with Gasteiger partial charge in [-0.25, -0.2) is 0 Å². The molecule has 3 aromatic carbocycles. The van der Waals surface area contributed by atoms with Gasteiger partial charge in [0.1, 0.15) is 11.5 Å². The molecule has 0 heterocycles. The third kappa shape index (κ3) is 4.29. The van der Waals surface area contributed by atoms with Crippen molar-refractivity contribution in [2.45, 2.75) is 6.92 Å². The average Bonchev–Trinajstić information content (AvgIpc) is 2.56. The molecule has 5 N–H and O–H groups in total. The first-order valence-corrected chi connectivity index (χ1v) is 7.81. The van der Waals surface area contributed by atoms with Crippen LogP contribution >= 0.6 is 0 Å². The Labute approximate surface area is 146 Å². The number of ether oxygens (including phenoxy) is 1. The van der Waals surface area contributed by atoms with Crippen molar-refractivity contribution in [3.05, 3.63) is 77.9 Å². The second kappa shape index (κ2) is 6.97. The SMILES string of the molecule is Cc1cccc(Oc2ccc(NC(=O)c3cc(N)cc(N)c3)cc2)c1. The summed E-state index contributed by atoms with van der Waals surface area (Å²) in [5, 5.41) is 2.81. The monoisotopic (exact) mass is 333 g/mol. The molecular formula is C20H19N3O2. The number of anilines is 3. The first-order chi connectivity index (χ1) is 12.0. The van der Waals surface area contributed by atoms with Crippen LogP contribution in [0.4, 0.5) is 17.1 Å². The lowest BCUT2D eigenvalue weighted by atomic mass is 10.1. The van der Waals surface area contributed by atoms with Crippen molar-refractivity contribution in [2.75, 3.05) is 16.8 Å². The molecule has 0 aliphatic carbocycles. The Morgan fingerprint density at radius 1 is 0.880 bits per heavy atom. The minimum absolute atomic E-state index is 0.272. The number of rotatable bonds is 4. The summed E-state index contributed by atoms with van der Waals surface area (Å²) >= 11 is 0. The molecular weight excluding hydrogens is 314 g/mol. The number of nitrogen functional groups attached to an aromatic ring is 2. The van der Waals surface area contributed by atoms with Crippen molar-refractivity contribution in [2.24, 2.45) is 0 Å². The zero-order valence-corrected chi connectivity index (χ0v) is 13.8. The lowest BCUT2D eigenvalue weighted by Gasteiger charge is -2.09. The molecule has 3 aromatic rings. The van der Waals surface area contributed by atoms with E-state index in [4.69, 9.17) is 16.2 Å². The molecule has 0 unspecified atom stereocenters. The summed E-state index contributed by atoms with van der Waals surface area (Å²) < 4.78 is 5.79. The second-order valence-corrected chi connectivity index (χ2v) is 5.79. The Morgan fingerprint density at radius 2 is 1.56 bits per heavy atom. The van der Waals surface area contributed by atoms with Gasteiger partial charge in [0.2, 0.25) is 0 Å². The number of hydrogen-bond donors (Lipinski definition) is 3. The van der Waals surface area contributed by atoms with Crippen molar-refractivity contribution in [1.82, 2.24) is 0 Å². The van der Waals surface area contributed by atoms with Gasteiger partial charge in [0, 0.05) is 22.6 Å². The Hall–Kier alpha value is -3.47. The highest BCUT2D eigenvalue weighted by molar-refractivity contribution is 6.05. The molecule has 0 bridgehead atoms. The third-order valence-electron chi connectivity index (χ3n) is 3.58. The van der Waals surface area contributed by atoms with Gasteiger partial charge in [-0.05, 0) is 67.1 Å². The zero-order chi connectivity index (χ0) is 17.8. The fourth-order valence-corrected chi connectivity index (χ4v) is 2.43. The van der Waals surface area contributed by atoms with Crippen molar-refractivity contribution in [1.29, 1.82) is 0 Å². The lowest BCUT2D eigenvalue weighted by Crippen LogP contribution is -2.12. The molecule has 0 saturated heterocycles. The Bertz CT molecular complexity index is 885. The summed E-state index contributed by atoms with van der Waals surface area (Å²) in [5.74, 6) is 1.19. The predicted molar refractivity (Wildman–Crippen MR) is 101 cm³/mol. The van der Waals surface area contributed by atoms with Gasteiger partial charge < -0.3 is 21.5 Å². The number of benzene rings is 3. The largest absolute Gasteiger partial charge is 0.457 e. The van der Waals surface area contributed by atoms with Gasteiger partial charge >= 0.3 is 0 Å². The molecule has 0 fully saturated rings. The highest BCUT2D eigenvalue weighted by Crippen LogP contribution is 2.24. The maximum Gasteiger partial charge on any atom is 0.255 e. The van der Waals surface area contributed by atoms with E-state index in [1.165, 1.54) is 0 Å². The molecule has 5 heteroatoms. The number of amides is 1. The summed E-state index contributed by atoms with van der Waals surface area (Å²) in [6.45, 7) is 2.01. The number of hydrogen-bond acceptors (Lipinski definition) is 4. The maximum absolute atomic E-state index is 12.3. The lowest BCUT2D eigenvalue weighted by molar-refractivity contribution is 0.102. The van der Waals surface area contributed by atoms with E-state index in [1.807, 2.05) is 31.2 Å². The molecule has 1 amide bonds.